The van der Waals surface area contributed by atoms with E-state index in [4.69, 9.17) is 17.0 Å². The Labute approximate surface area is 163 Å². The smallest absolute Gasteiger partial charge is 0.356 e. The van der Waals surface area contributed by atoms with E-state index in [1.54, 1.807) is 0 Å². The van der Waals surface area contributed by atoms with Gasteiger partial charge in [-0.2, -0.15) is 0 Å². The zero-order valence-electron chi connectivity index (χ0n) is 13.7. The van der Waals surface area contributed by atoms with Crippen LogP contribution in [0.5, 0.6) is 0 Å². The number of carbonyl (C=O) groups excluding carboxylic acids is 2. The molecule has 8 nitrogen and oxygen atoms in total. The normalized spacial score (nSPS) is 17.4. The number of non-ortho nitro benzene ring substituents is 1. The van der Waals surface area contributed by atoms with Crippen molar-refractivity contribution in [3.05, 3.63) is 39.9 Å². The molecule has 1 aliphatic rings. The number of hydrogen-bond acceptors (Lipinski definition) is 9. The molecule has 2 unspecified atom stereocenters. The molecule has 0 spiro atoms. The van der Waals surface area contributed by atoms with E-state index in [9.17, 15) is 24.8 Å². The lowest BCUT2D eigenvalue weighted by Crippen LogP contribution is -2.61. The molecule has 11 heteroatoms. The molecule has 1 N–H and O–H groups in total. The Bertz CT molecular complexity index is 712. The summed E-state index contributed by atoms with van der Waals surface area (Å²) < 4.78 is 5.61. The van der Waals surface area contributed by atoms with Gasteiger partial charge in [0.15, 0.2) is 0 Å². The minimum absolute atomic E-state index is 0.0750. The molecule has 0 saturated carbocycles. The fourth-order valence-corrected chi connectivity index (χ4v) is 4.68. The highest BCUT2D eigenvalue weighted by Crippen LogP contribution is 2.30. The van der Waals surface area contributed by atoms with Gasteiger partial charge in [0.05, 0.1) is 4.92 Å². The number of nitrogens with zero attached hydrogens (tertiary/aromatic N) is 2. The fourth-order valence-electron chi connectivity index (χ4n) is 2.07. The summed E-state index contributed by atoms with van der Waals surface area (Å²) in [7, 11) is 0. The highest BCUT2D eigenvalue weighted by molar-refractivity contribution is 8.47. The number of ether oxygens (including phenoxy) is 1. The molecular formula is C15H16N2O6S3. The zero-order valence-corrected chi connectivity index (χ0v) is 16.1. The van der Waals surface area contributed by atoms with Crippen LogP contribution in [0.25, 0.3) is 0 Å². The number of nitro benzene ring substituents is 1. The van der Waals surface area contributed by atoms with Crippen LogP contribution >= 0.6 is 35.7 Å². The number of amides is 1. The molecule has 1 heterocycles. The van der Waals surface area contributed by atoms with Crippen molar-refractivity contribution in [2.75, 3.05) is 12.3 Å². The summed E-state index contributed by atoms with van der Waals surface area (Å²) in [5, 5.41) is 20.1. The summed E-state index contributed by atoms with van der Waals surface area (Å²) in [6, 6.07) is 5.48. The fraction of sp³-hybridized carbons (Fsp3) is 0.400. The van der Waals surface area contributed by atoms with Gasteiger partial charge in [0.1, 0.15) is 15.4 Å². The zero-order chi connectivity index (χ0) is 19.3. The Hall–Kier alpha value is -1.69. The van der Waals surface area contributed by atoms with Gasteiger partial charge in [-0.1, -0.05) is 30.9 Å². The van der Waals surface area contributed by atoms with Crippen molar-refractivity contribution in [1.82, 2.24) is 4.90 Å². The van der Waals surface area contributed by atoms with Gasteiger partial charge < -0.3 is 14.7 Å². The third kappa shape index (κ3) is 5.16. The highest BCUT2D eigenvalue weighted by Gasteiger charge is 2.44. The first-order valence-corrected chi connectivity index (χ1v) is 9.82. The van der Waals surface area contributed by atoms with Crippen molar-refractivity contribution in [2.45, 2.75) is 25.0 Å². The number of rotatable bonds is 7. The second-order valence-electron chi connectivity index (χ2n) is 5.19. The maximum Gasteiger partial charge on any atom is 0.356 e. The number of benzene rings is 1. The first-order chi connectivity index (χ1) is 12.3. The van der Waals surface area contributed by atoms with Crippen molar-refractivity contribution in [1.29, 1.82) is 0 Å². The molecule has 0 aliphatic carbocycles. The Morgan fingerprint density at radius 2 is 2.15 bits per heavy atom. The van der Waals surface area contributed by atoms with E-state index in [1.165, 1.54) is 47.8 Å². The van der Waals surface area contributed by atoms with Crippen molar-refractivity contribution in [2.24, 2.45) is 0 Å². The topological polar surface area (TPSA) is 110 Å². The van der Waals surface area contributed by atoms with E-state index >= 15 is 0 Å². The lowest BCUT2D eigenvalue weighted by Gasteiger charge is -2.39. The van der Waals surface area contributed by atoms with Crippen LogP contribution in [0.2, 0.25) is 0 Å². The molecule has 1 aromatic rings. The molecular weight excluding hydrogens is 400 g/mol. The van der Waals surface area contributed by atoms with Gasteiger partial charge in [-0.15, -0.1) is 11.8 Å². The number of carbonyl (C=O) groups is 2. The maximum absolute atomic E-state index is 12.0. The Balaban J connectivity index is 1.80. The van der Waals surface area contributed by atoms with E-state index in [0.717, 1.165) is 10.7 Å². The van der Waals surface area contributed by atoms with E-state index < -0.39 is 22.4 Å². The monoisotopic (exact) mass is 416 g/mol. The number of thioether (sulfide) groups is 2. The Morgan fingerprint density at radius 1 is 1.50 bits per heavy atom. The molecule has 26 heavy (non-hydrogen) atoms. The van der Waals surface area contributed by atoms with Crippen molar-refractivity contribution in [3.63, 3.8) is 0 Å². The number of aliphatic hydroxyl groups is 1. The van der Waals surface area contributed by atoms with Gasteiger partial charge in [-0.3, -0.25) is 14.9 Å². The number of hydrogen-bond donors (Lipinski definition) is 1. The SMILES string of the molecule is CCSC(=S)SC1CN(C(O)C(=O)OCc2ccc([N+](=O)[O-])cc2)C1=O. The summed E-state index contributed by atoms with van der Waals surface area (Å²) in [6.07, 6.45) is -1.68. The van der Waals surface area contributed by atoms with Gasteiger partial charge in [0, 0.05) is 18.7 Å². The molecule has 0 aromatic heterocycles. The molecule has 1 fully saturated rings. The molecule has 2 rings (SSSR count). The average molecular weight is 417 g/mol. The Morgan fingerprint density at radius 3 is 2.69 bits per heavy atom. The first-order valence-electron chi connectivity index (χ1n) is 7.55. The molecule has 1 saturated heterocycles. The quantitative estimate of drug-likeness (QED) is 0.234. The van der Waals surface area contributed by atoms with Gasteiger partial charge in [0.2, 0.25) is 12.1 Å². The predicted molar refractivity (Wildman–Crippen MR) is 103 cm³/mol. The van der Waals surface area contributed by atoms with E-state index in [1.807, 2.05) is 6.92 Å². The molecule has 1 amide bonds. The van der Waals surface area contributed by atoms with Crippen molar-refractivity contribution < 1.29 is 24.4 Å². The first kappa shape index (κ1) is 20.6. The average Bonchev–Trinajstić information content (AvgIpc) is 2.62. The molecule has 1 aromatic carbocycles. The van der Waals surface area contributed by atoms with Crippen LogP contribution in [0.3, 0.4) is 0 Å². The lowest BCUT2D eigenvalue weighted by atomic mass is 10.2. The second kappa shape index (κ2) is 9.31. The second-order valence-corrected chi connectivity index (χ2v) is 8.86. The molecule has 2 atom stereocenters. The molecule has 0 bridgehead atoms. The Kier molecular flexibility index (Phi) is 7.38. The third-order valence-electron chi connectivity index (χ3n) is 3.46. The van der Waals surface area contributed by atoms with E-state index in [2.05, 4.69) is 0 Å². The number of aliphatic hydroxyl groups excluding tert-OH is 1. The highest BCUT2D eigenvalue weighted by atomic mass is 32.2. The van der Waals surface area contributed by atoms with Crippen LogP contribution in [-0.2, 0) is 20.9 Å². The van der Waals surface area contributed by atoms with Crippen LogP contribution in [0.4, 0.5) is 5.69 Å². The number of β-lactam (4-membered cyclic amide) rings is 1. The van der Waals surface area contributed by atoms with Crippen molar-refractivity contribution in [3.8, 4) is 0 Å². The summed E-state index contributed by atoms with van der Waals surface area (Å²) in [6.45, 7) is 2.00. The van der Waals surface area contributed by atoms with Crippen molar-refractivity contribution >= 4 is 56.8 Å². The van der Waals surface area contributed by atoms with Gasteiger partial charge in [0.25, 0.3) is 5.69 Å². The minimum atomic E-state index is -1.68. The standard InChI is InChI=1S/C15H16N2O6S3/c1-2-25-15(24)26-11-7-16(12(11)18)13(19)14(20)23-8-9-3-5-10(6-4-9)17(21)22/h3-6,11,13,19H,2,7-8H2,1H3. The van der Waals surface area contributed by atoms with Crippen LogP contribution in [0.1, 0.15) is 12.5 Å². The predicted octanol–water partition coefficient (Wildman–Crippen LogP) is 1.94. The summed E-state index contributed by atoms with van der Waals surface area (Å²) in [5.74, 6) is -0.506. The van der Waals surface area contributed by atoms with Crippen LogP contribution < -0.4 is 0 Å². The van der Waals surface area contributed by atoms with E-state index in [-0.39, 0.29) is 24.7 Å². The van der Waals surface area contributed by atoms with Crippen LogP contribution in [-0.4, -0.2) is 54.1 Å². The van der Waals surface area contributed by atoms with Crippen LogP contribution in [0, 0.1) is 10.1 Å². The largest absolute Gasteiger partial charge is 0.457 e. The molecule has 140 valence electrons. The molecule has 0 radical (unpaired) electrons. The summed E-state index contributed by atoms with van der Waals surface area (Å²) >= 11 is 7.83. The number of nitro groups is 1. The molecule has 1 aliphatic heterocycles. The maximum atomic E-state index is 12.0. The van der Waals surface area contributed by atoms with Gasteiger partial charge in [-0.25, -0.2) is 4.79 Å². The number of likely N-dealkylation sites (tertiary alicyclic amines) is 1. The summed E-state index contributed by atoms with van der Waals surface area (Å²) in [5.41, 5.74) is 0.454. The number of esters is 1. The van der Waals surface area contributed by atoms with Gasteiger partial charge in [-0.05, 0) is 23.4 Å². The minimum Gasteiger partial charge on any atom is -0.457 e. The number of thiocarbonyl (C=S) groups is 1. The van der Waals surface area contributed by atoms with Crippen LogP contribution in [0.15, 0.2) is 24.3 Å². The summed E-state index contributed by atoms with van der Waals surface area (Å²) in [4.78, 5) is 35.0. The van der Waals surface area contributed by atoms with Gasteiger partial charge >= 0.3 is 5.97 Å². The third-order valence-corrected chi connectivity index (χ3v) is 6.09. The lowest BCUT2D eigenvalue weighted by molar-refractivity contribution is -0.384. The van der Waals surface area contributed by atoms with E-state index in [0.29, 0.717) is 9.09 Å².